The molecule has 0 unspecified atom stereocenters. The first-order valence-electron chi connectivity index (χ1n) is 8.11. The van der Waals surface area contributed by atoms with Crippen molar-refractivity contribution in [2.24, 2.45) is 0 Å². The van der Waals surface area contributed by atoms with Gasteiger partial charge in [-0.25, -0.2) is 9.59 Å². The third-order valence-electron chi connectivity index (χ3n) is 3.68. The minimum Gasteiger partial charge on any atom is -0.453 e. The van der Waals surface area contributed by atoms with Crippen molar-refractivity contribution in [1.82, 2.24) is 0 Å². The zero-order valence-corrected chi connectivity index (χ0v) is 15.6. The molecule has 0 aliphatic rings. The molecule has 0 bridgehead atoms. The third kappa shape index (κ3) is 4.24. The Bertz CT molecular complexity index is 1050. The summed E-state index contributed by atoms with van der Waals surface area (Å²) < 4.78 is 21.1. The van der Waals surface area contributed by atoms with Gasteiger partial charge in [-0.05, 0) is 30.3 Å². The van der Waals surface area contributed by atoms with Crippen LogP contribution in [0.25, 0.3) is 10.8 Å². The highest BCUT2D eigenvalue weighted by atomic mass is 35.5. The van der Waals surface area contributed by atoms with Gasteiger partial charge in [0.25, 0.3) is 0 Å². The first-order chi connectivity index (χ1) is 13.5. The van der Waals surface area contributed by atoms with Crippen molar-refractivity contribution in [1.29, 1.82) is 0 Å². The number of hydrogen-bond donors (Lipinski definition) is 0. The van der Waals surface area contributed by atoms with Crippen LogP contribution in [0.5, 0.6) is 23.0 Å². The number of ether oxygens (including phenoxy) is 4. The van der Waals surface area contributed by atoms with Crippen LogP contribution in [0, 0.1) is 0 Å². The number of hydrogen-bond acceptors (Lipinski definition) is 6. The number of methoxy groups -OCH3 is 1. The van der Waals surface area contributed by atoms with Gasteiger partial charge in [-0.2, -0.15) is 0 Å². The molecule has 142 valence electrons. The van der Waals surface area contributed by atoms with Gasteiger partial charge in [0.2, 0.25) is 0 Å². The van der Waals surface area contributed by atoms with Crippen molar-refractivity contribution in [3.63, 3.8) is 0 Å². The van der Waals surface area contributed by atoms with E-state index in [1.807, 2.05) is 6.07 Å². The number of carbonyl (C=O) groups excluding carboxylic acids is 2. The maximum atomic E-state index is 11.9. The van der Waals surface area contributed by atoms with Gasteiger partial charge < -0.3 is 18.9 Å². The third-order valence-corrected chi connectivity index (χ3v) is 3.91. The molecular formula is C21H15ClO6. The zero-order valence-electron chi connectivity index (χ0n) is 14.8. The van der Waals surface area contributed by atoms with E-state index in [-0.39, 0.29) is 17.2 Å². The van der Waals surface area contributed by atoms with Crippen LogP contribution in [0.1, 0.15) is 0 Å². The SMILES string of the molecule is C=CC(=O)Oc1c(Oc2ccccc2)cc(OC(=O)OC)c2cc(Cl)ccc12. The van der Waals surface area contributed by atoms with Crippen molar-refractivity contribution >= 4 is 34.5 Å². The summed E-state index contributed by atoms with van der Waals surface area (Å²) in [5.41, 5.74) is 0. The quantitative estimate of drug-likeness (QED) is 0.244. The number of carbonyl (C=O) groups is 2. The van der Waals surface area contributed by atoms with Crippen molar-refractivity contribution in [2.75, 3.05) is 7.11 Å². The Balaban J connectivity index is 2.23. The standard InChI is InChI=1S/C21H15ClO6/c1-3-19(23)28-20-15-10-9-13(22)11-16(15)17(27-21(24)25-2)12-18(20)26-14-7-5-4-6-8-14/h3-12H,1H2,2H3. The van der Waals surface area contributed by atoms with Gasteiger partial charge in [-0.1, -0.05) is 36.4 Å². The predicted octanol–water partition coefficient (Wildman–Crippen LogP) is 5.52. The van der Waals surface area contributed by atoms with Gasteiger partial charge >= 0.3 is 12.1 Å². The van der Waals surface area contributed by atoms with Crippen LogP contribution in [0.3, 0.4) is 0 Å². The molecule has 0 saturated heterocycles. The second-order valence-corrected chi connectivity index (χ2v) is 5.92. The van der Waals surface area contributed by atoms with Crippen LogP contribution in [0.15, 0.2) is 67.3 Å². The molecule has 0 aromatic heterocycles. The zero-order chi connectivity index (χ0) is 20.1. The second-order valence-electron chi connectivity index (χ2n) is 5.49. The Labute approximate surface area is 165 Å². The number of fused-ring (bicyclic) bond motifs is 1. The van der Waals surface area contributed by atoms with Crippen LogP contribution in [0.4, 0.5) is 4.79 Å². The maximum Gasteiger partial charge on any atom is 0.513 e. The first kappa shape index (κ1) is 19.3. The second kappa shape index (κ2) is 8.45. The lowest BCUT2D eigenvalue weighted by molar-refractivity contribution is -0.128. The smallest absolute Gasteiger partial charge is 0.453 e. The molecule has 6 nitrogen and oxygen atoms in total. The van der Waals surface area contributed by atoms with E-state index in [0.29, 0.717) is 21.5 Å². The van der Waals surface area contributed by atoms with E-state index in [4.69, 9.17) is 25.8 Å². The summed E-state index contributed by atoms with van der Waals surface area (Å²) in [5.74, 6) is 0.257. The van der Waals surface area contributed by atoms with Gasteiger partial charge in [0, 0.05) is 27.9 Å². The monoisotopic (exact) mass is 398 g/mol. The molecule has 3 aromatic carbocycles. The molecule has 0 spiro atoms. The molecule has 0 heterocycles. The van der Waals surface area contributed by atoms with Crippen molar-refractivity contribution in [3.05, 3.63) is 72.3 Å². The summed E-state index contributed by atoms with van der Waals surface area (Å²) in [6.07, 6.45) is 0.121. The van der Waals surface area contributed by atoms with Gasteiger partial charge in [-0.15, -0.1) is 0 Å². The highest BCUT2D eigenvalue weighted by molar-refractivity contribution is 6.31. The predicted molar refractivity (Wildman–Crippen MR) is 104 cm³/mol. The van der Waals surface area contributed by atoms with Crippen molar-refractivity contribution < 1.29 is 28.5 Å². The van der Waals surface area contributed by atoms with E-state index in [1.165, 1.54) is 13.2 Å². The van der Waals surface area contributed by atoms with Crippen LogP contribution in [-0.2, 0) is 9.53 Å². The summed E-state index contributed by atoms with van der Waals surface area (Å²) >= 11 is 6.09. The van der Waals surface area contributed by atoms with Gasteiger partial charge in [0.15, 0.2) is 11.5 Å². The molecule has 28 heavy (non-hydrogen) atoms. The van der Waals surface area contributed by atoms with Crippen molar-refractivity contribution in [3.8, 4) is 23.0 Å². The topological polar surface area (TPSA) is 71.1 Å². The molecule has 0 N–H and O–H groups in total. The van der Waals surface area contributed by atoms with E-state index >= 15 is 0 Å². The molecule has 0 amide bonds. The minimum absolute atomic E-state index is 0.133. The van der Waals surface area contributed by atoms with E-state index in [9.17, 15) is 9.59 Å². The molecule has 0 saturated carbocycles. The number of rotatable bonds is 5. The summed E-state index contributed by atoms with van der Waals surface area (Å²) in [7, 11) is 1.19. The van der Waals surface area contributed by atoms with E-state index in [0.717, 1.165) is 6.08 Å². The average molecular weight is 399 g/mol. The van der Waals surface area contributed by atoms with Crippen LogP contribution >= 0.6 is 11.6 Å². The van der Waals surface area contributed by atoms with Gasteiger partial charge in [-0.3, -0.25) is 0 Å². The molecular weight excluding hydrogens is 384 g/mol. The highest BCUT2D eigenvalue weighted by Crippen LogP contribution is 2.44. The molecule has 3 rings (SSSR count). The molecule has 0 aliphatic heterocycles. The fourth-order valence-electron chi connectivity index (χ4n) is 2.47. The first-order valence-corrected chi connectivity index (χ1v) is 8.49. The Hall–Kier alpha value is -3.51. The Morgan fingerprint density at radius 3 is 2.39 bits per heavy atom. The Morgan fingerprint density at radius 2 is 1.71 bits per heavy atom. The van der Waals surface area contributed by atoms with Crippen LogP contribution in [0.2, 0.25) is 5.02 Å². The normalized spacial score (nSPS) is 10.2. The van der Waals surface area contributed by atoms with Gasteiger partial charge in [0.05, 0.1) is 7.11 Å². The molecule has 3 aromatic rings. The molecule has 0 fully saturated rings. The number of halogens is 1. The summed E-state index contributed by atoms with van der Waals surface area (Å²) in [4.78, 5) is 23.5. The number of para-hydroxylation sites is 1. The fourth-order valence-corrected chi connectivity index (χ4v) is 2.64. The lowest BCUT2D eigenvalue weighted by Crippen LogP contribution is -2.09. The lowest BCUT2D eigenvalue weighted by Gasteiger charge is -2.16. The molecule has 0 radical (unpaired) electrons. The Kier molecular flexibility index (Phi) is 5.81. The summed E-state index contributed by atoms with van der Waals surface area (Å²) in [5, 5.41) is 1.29. The minimum atomic E-state index is -0.914. The Morgan fingerprint density at radius 1 is 0.964 bits per heavy atom. The maximum absolute atomic E-state index is 11.9. The lowest BCUT2D eigenvalue weighted by atomic mass is 10.1. The summed E-state index contributed by atoms with van der Waals surface area (Å²) in [6.45, 7) is 3.41. The van der Waals surface area contributed by atoms with Crippen LogP contribution in [-0.4, -0.2) is 19.2 Å². The summed E-state index contributed by atoms with van der Waals surface area (Å²) in [6, 6.07) is 15.1. The molecule has 0 aliphatic carbocycles. The fraction of sp³-hybridized carbons (Fsp3) is 0.0476. The largest absolute Gasteiger partial charge is 0.513 e. The van der Waals surface area contributed by atoms with E-state index in [1.54, 1.807) is 42.5 Å². The van der Waals surface area contributed by atoms with E-state index in [2.05, 4.69) is 11.3 Å². The number of esters is 1. The van der Waals surface area contributed by atoms with E-state index < -0.39 is 12.1 Å². The van der Waals surface area contributed by atoms with Gasteiger partial charge in [0.1, 0.15) is 11.5 Å². The molecule has 7 heteroatoms. The number of benzene rings is 3. The molecule has 0 atom stereocenters. The van der Waals surface area contributed by atoms with Crippen molar-refractivity contribution in [2.45, 2.75) is 0 Å². The average Bonchev–Trinajstić information content (AvgIpc) is 2.71. The van der Waals surface area contributed by atoms with Crippen LogP contribution < -0.4 is 14.2 Å². The highest BCUT2D eigenvalue weighted by Gasteiger charge is 2.20.